The highest BCUT2D eigenvalue weighted by atomic mass is 16.6. The fraction of sp³-hybridized carbons (Fsp3) is 0.800. The van der Waals surface area contributed by atoms with Crippen LogP contribution in [-0.4, -0.2) is 17.5 Å². The largest absolute Gasteiger partial charge is 0.444 e. The van der Waals surface area contributed by atoms with E-state index >= 15 is 0 Å². The van der Waals surface area contributed by atoms with Crippen LogP contribution < -0.4 is 5.73 Å². The van der Waals surface area contributed by atoms with Gasteiger partial charge in [-0.05, 0) is 33.1 Å². The van der Waals surface area contributed by atoms with Crippen LogP contribution in [0.1, 0.15) is 39.5 Å². The molecule has 80 valence electrons. The van der Waals surface area contributed by atoms with Crippen LogP contribution in [0.5, 0.6) is 0 Å². The molecule has 1 aliphatic carbocycles. The lowest BCUT2D eigenvalue weighted by Crippen LogP contribution is -2.31. The molecule has 0 atom stereocenters. The van der Waals surface area contributed by atoms with Gasteiger partial charge in [0.25, 0.3) is 0 Å². The first kappa shape index (κ1) is 11.0. The summed E-state index contributed by atoms with van der Waals surface area (Å²) in [7, 11) is 0. The summed E-state index contributed by atoms with van der Waals surface area (Å²) >= 11 is 0. The van der Waals surface area contributed by atoms with Crippen molar-refractivity contribution in [3.05, 3.63) is 0 Å². The number of Topliss-reactive ketones (excluding diaryl/α,β-unsaturated/α-hetero) is 1. The van der Waals surface area contributed by atoms with E-state index in [9.17, 15) is 9.59 Å². The molecule has 2 N–H and O–H groups in total. The van der Waals surface area contributed by atoms with Crippen molar-refractivity contribution in [2.75, 3.05) is 0 Å². The molecular formula is C10H17NO3. The van der Waals surface area contributed by atoms with Gasteiger partial charge < -0.3 is 10.5 Å². The third-order valence-corrected chi connectivity index (χ3v) is 2.38. The first-order valence-corrected chi connectivity index (χ1v) is 4.92. The minimum absolute atomic E-state index is 0.277. The maximum atomic E-state index is 11.4. The van der Waals surface area contributed by atoms with Gasteiger partial charge in [0.15, 0.2) is 0 Å². The van der Waals surface area contributed by atoms with Gasteiger partial charge in [0, 0.05) is 12.3 Å². The molecule has 1 rings (SSSR count). The Balaban J connectivity index is 2.27. The predicted octanol–water partition coefficient (Wildman–Crippen LogP) is 1.62. The molecule has 4 nitrogen and oxygen atoms in total. The Morgan fingerprint density at radius 3 is 2.43 bits per heavy atom. The van der Waals surface area contributed by atoms with Gasteiger partial charge in [-0.1, -0.05) is 0 Å². The maximum absolute atomic E-state index is 11.4. The van der Waals surface area contributed by atoms with Crippen LogP contribution in [0.3, 0.4) is 0 Å². The summed E-state index contributed by atoms with van der Waals surface area (Å²) in [6.45, 7) is 3.52. The van der Waals surface area contributed by atoms with Gasteiger partial charge in [-0.3, -0.25) is 4.79 Å². The Bertz CT molecular complexity index is 244. The first-order chi connectivity index (χ1) is 6.41. The number of rotatable bonds is 5. The average molecular weight is 199 g/mol. The minimum atomic E-state index is -0.783. The van der Waals surface area contributed by atoms with Gasteiger partial charge in [0.1, 0.15) is 11.4 Å². The van der Waals surface area contributed by atoms with E-state index in [4.69, 9.17) is 10.5 Å². The first-order valence-electron chi connectivity index (χ1n) is 4.92. The van der Waals surface area contributed by atoms with Gasteiger partial charge >= 0.3 is 6.09 Å². The van der Waals surface area contributed by atoms with Gasteiger partial charge in [0.2, 0.25) is 0 Å². The molecule has 1 fully saturated rings. The maximum Gasteiger partial charge on any atom is 0.405 e. The molecule has 0 aromatic heterocycles. The number of carbonyl (C=O) groups is 2. The Morgan fingerprint density at radius 1 is 1.43 bits per heavy atom. The van der Waals surface area contributed by atoms with Crippen molar-refractivity contribution in [3.8, 4) is 0 Å². The topological polar surface area (TPSA) is 69.4 Å². The average Bonchev–Trinajstić information content (AvgIpc) is 2.79. The highest BCUT2D eigenvalue weighted by Gasteiger charge is 2.31. The molecule has 0 radical (unpaired) electrons. The second kappa shape index (κ2) is 3.98. The third kappa shape index (κ3) is 3.77. The lowest BCUT2D eigenvalue weighted by molar-refractivity contribution is -0.121. The normalized spacial score (nSPS) is 16.4. The van der Waals surface area contributed by atoms with Gasteiger partial charge in [-0.2, -0.15) is 0 Å². The molecule has 14 heavy (non-hydrogen) atoms. The van der Waals surface area contributed by atoms with Crippen molar-refractivity contribution in [2.45, 2.75) is 45.1 Å². The molecule has 0 aromatic rings. The molecular weight excluding hydrogens is 182 g/mol. The van der Waals surface area contributed by atoms with E-state index in [-0.39, 0.29) is 11.7 Å². The number of hydrogen-bond acceptors (Lipinski definition) is 3. The van der Waals surface area contributed by atoms with E-state index < -0.39 is 11.7 Å². The van der Waals surface area contributed by atoms with Crippen molar-refractivity contribution >= 4 is 11.9 Å². The number of amides is 1. The fourth-order valence-corrected chi connectivity index (χ4v) is 1.36. The highest BCUT2D eigenvalue weighted by Crippen LogP contribution is 2.32. The van der Waals surface area contributed by atoms with Crippen molar-refractivity contribution < 1.29 is 14.3 Å². The second-order valence-corrected chi connectivity index (χ2v) is 4.42. The molecule has 0 aromatic carbocycles. The molecule has 1 aliphatic rings. The van der Waals surface area contributed by atoms with Crippen molar-refractivity contribution in [1.29, 1.82) is 0 Å². The quantitative estimate of drug-likeness (QED) is 0.731. The van der Waals surface area contributed by atoms with E-state index in [1.54, 1.807) is 13.8 Å². The zero-order valence-electron chi connectivity index (χ0n) is 8.71. The monoisotopic (exact) mass is 199 g/mol. The van der Waals surface area contributed by atoms with Gasteiger partial charge in [-0.15, -0.1) is 0 Å². The molecule has 0 unspecified atom stereocenters. The van der Waals surface area contributed by atoms with Crippen LogP contribution in [0.25, 0.3) is 0 Å². The summed E-state index contributed by atoms with van der Waals surface area (Å²) in [5.41, 5.74) is 4.28. The second-order valence-electron chi connectivity index (χ2n) is 4.42. The molecule has 0 bridgehead atoms. The predicted molar refractivity (Wildman–Crippen MR) is 51.7 cm³/mol. The number of carbonyl (C=O) groups excluding carboxylic acids is 2. The Kier molecular flexibility index (Phi) is 3.13. The number of ketones is 1. The zero-order chi connectivity index (χ0) is 10.8. The number of primary amides is 1. The molecule has 0 heterocycles. The van der Waals surface area contributed by atoms with E-state index in [0.717, 1.165) is 12.8 Å². The van der Waals surface area contributed by atoms with Gasteiger partial charge in [-0.25, -0.2) is 4.79 Å². The van der Waals surface area contributed by atoms with Crippen LogP contribution in [-0.2, 0) is 9.53 Å². The minimum Gasteiger partial charge on any atom is -0.444 e. The fourth-order valence-electron chi connectivity index (χ4n) is 1.36. The highest BCUT2D eigenvalue weighted by molar-refractivity contribution is 5.83. The standard InChI is InChI=1S/C10H17NO3/c1-10(2,14-9(11)13)6-5-8(12)7-3-4-7/h7H,3-6H2,1-2H3,(H2,11,13). The lowest BCUT2D eigenvalue weighted by Gasteiger charge is -2.23. The lowest BCUT2D eigenvalue weighted by atomic mass is 9.99. The van der Waals surface area contributed by atoms with E-state index in [0.29, 0.717) is 12.8 Å². The van der Waals surface area contributed by atoms with Gasteiger partial charge in [0.05, 0.1) is 0 Å². The van der Waals surface area contributed by atoms with E-state index in [1.165, 1.54) is 0 Å². The zero-order valence-corrected chi connectivity index (χ0v) is 8.71. The smallest absolute Gasteiger partial charge is 0.405 e. The molecule has 0 aliphatic heterocycles. The molecule has 0 saturated heterocycles. The summed E-state index contributed by atoms with van der Waals surface area (Å²) in [6.07, 6.45) is 2.29. The molecule has 0 spiro atoms. The summed E-state index contributed by atoms with van der Waals surface area (Å²) < 4.78 is 4.87. The SMILES string of the molecule is CC(C)(CCC(=O)C1CC1)OC(N)=O. The molecule has 1 amide bonds. The number of hydrogen-bond donors (Lipinski definition) is 1. The Labute approximate surface area is 83.8 Å². The molecule has 4 heteroatoms. The Morgan fingerprint density at radius 2 is 2.00 bits per heavy atom. The number of nitrogens with two attached hydrogens (primary N) is 1. The van der Waals surface area contributed by atoms with Crippen molar-refractivity contribution in [2.24, 2.45) is 11.7 Å². The van der Waals surface area contributed by atoms with Crippen LogP contribution in [0.2, 0.25) is 0 Å². The van der Waals surface area contributed by atoms with E-state index in [2.05, 4.69) is 0 Å². The Hall–Kier alpha value is -1.06. The summed E-state index contributed by atoms with van der Waals surface area (Å²) in [6, 6.07) is 0. The molecule has 1 saturated carbocycles. The van der Waals surface area contributed by atoms with Crippen LogP contribution in [0, 0.1) is 5.92 Å². The third-order valence-electron chi connectivity index (χ3n) is 2.38. The van der Waals surface area contributed by atoms with Crippen LogP contribution in [0.4, 0.5) is 4.79 Å². The summed E-state index contributed by atoms with van der Waals surface area (Å²) in [5.74, 6) is 0.561. The summed E-state index contributed by atoms with van der Waals surface area (Å²) in [5, 5.41) is 0. The number of ether oxygens (including phenoxy) is 1. The van der Waals surface area contributed by atoms with Crippen LogP contribution >= 0.6 is 0 Å². The van der Waals surface area contributed by atoms with Crippen LogP contribution in [0.15, 0.2) is 0 Å². The van der Waals surface area contributed by atoms with E-state index in [1.807, 2.05) is 0 Å². The van der Waals surface area contributed by atoms with Crippen molar-refractivity contribution in [3.63, 3.8) is 0 Å². The van der Waals surface area contributed by atoms with Crippen molar-refractivity contribution in [1.82, 2.24) is 0 Å². The summed E-state index contributed by atoms with van der Waals surface area (Å²) in [4.78, 5) is 21.9.